The Morgan fingerprint density at radius 3 is 2.85 bits per heavy atom. The van der Waals surface area contributed by atoms with Gasteiger partial charge in [0.1, 0.15) is 10.1 Å². The van der Waals surface area contributed by atoms with Gasteiger partial charge in [-0.1, -0.05) is 11.6 Å². The highest BCUT2D eigenvalue weighted by molar-refractivity contribution is 9.10. The number of nitrogens with one attached hydrogen (secondary N) is 1. The van der Waals surface area contributed by atoms with Crippen LogP contribution < -0.4 is 5.32 Å². The van der Waals surface area contributed by atoms with Crippen molar-refractivity contribution in [2.75, 3.05) is 5.32 Å². The maximum Gasteiger partial charge on any atom is 0.257 e. The van der Waals surface area contributed by atoms with E-state index in [9.17, 15) is 4.79 Å². The molecule has 0 spiro atoms. The van der Waals surface area contributed by atoms with Crippen LogP contribution in [0.5, 0.6) is 0 Å². The molecule has 20 heavy (non-hydrogen) atoms. The molecule has 3 rings (SSSR count). The van der Waals surface area contributed by atoms with Crippen LogP contribution in [0.4, 0.5) is 5.69 Å². The fourth-order valence-corrected chi connectivity index (χ4v) is 2.84. The summed E-state index contributed by atoms with van der Waals surface area (Å²) in [5, 5.41) is 3.25. The first-order chi connectivity index (χ1) is 9.65. The number of thiazole rings is 1. The number of hydrogen-bond acceptors (Lipinski definition) is 4. The van der Waals surface area contributed by atoms with Crippen molar-refractivity contribution in [3.05, 3.63) is 51.2 Å². The standard InChI is InChI=1S/C13H7BrClN3OS/c14-10-4-1-7(5-16-10)13(19)18-11-8(15)2-3-9-12(11)17-6-20-9/h1-6H,(H,18,19). The van der Waals surface area contributed by atoms with Gasteiger partial charge in [-0.05, 0) is 40.2 Å². The van der Waals surface area contributed by atoms with Gasteiger partial charge < -0.3 is 5.32 Å². The van der Waals surface area contributed by atoms with Crippen LogP contribution in [0.25, 0.3) is 10.2 Å². The molecule has 0 saturated heterocycles. The zero-order chi connectivity index (χ0) is 14.1. The molecule has 1 amide bonds. The Morgan fingerprint density at radius 2 is 2.10 bits per heavy atom. The lowest BCUT2D eigenvalue weighted by Gasteiger charge is -2.08. The number of fused-ring (bicyclic) bond motifs is 1. The van der Waals surface area contributed by atoms with Crippen molar-refractivity contribution in [2.24, 2.45) is 0 Å². The molecule has 2 aromatic heterocycles. The number of aromatic nitrogens is 2. The molecule has 0 fully saturated rings. The molecule has 1 aromatic carbocycles. The molecule has 2 heterocycles. The van der Waals surface area contributed by atoms with Crippen molar-refractivity contribution in [3.63, 3.8) is 0 Å². The van der Waals surface area contributed by atoms with E-state index in [4.69, 9.17) is 11.6 Å². The third kappa shape index (κ3) is 2.54. The van der Waals surface area contributed by atoms with E-state index in [1.807, 2.05) is 6.07 Å². The van der Waals surface area contributed by atoms with E-state index < -0.39 is 0 Å². The van der Waals surface area contributed by atoms with Crippen molar-refractivity contribution in [3.8, 4) is 0 Å². The van der Waals surface area contributed by atoms with Gasteiger partial charge in [-0.3, -0.25) is 4.79 Å². The molecule has 0 aliphatic rings. The van der Waals surface area contributed by atoms with Crippen LogP contribution in [0.2, 0.25) is 5.02 Å². The predicted octanol–water partition coefficient (Wildman–Crippen LogP) is 4.36. The van der Waals surface area contributed by atoms with Crippen LogP contribution in [0.15, 0.2) is 40.6 Å². The molecule has 0 radical (unpaired) electrons. The first-order valence-corrected chi connectivity index (χ1v) is 7.65. The molecule has 100 valence electrons. The molecule has 0 aliphatic carbocycles. The minimum absolute atomic E-state index is 0.271. The van der Waals surface area contributed by atoms with Gasteiger partial charge >= 0.3 is 0 Å². The van der Waals surface area contributed by atoms with Crippen molar-refractivity contribution >= 4 is 60.7 Å². The summed E-state index contributed by atoms with van der Waals surface area (Å²) in [7, 11) is 0. The lowest BCUT2D eigenvalue weighted by atomic mass is 10.2. The lowest BCUT2D eigenvalue weighted by molar-refractivity contribution is 0.102. The van der Waals surface area contributed by atoms with E-state index in [1.54, 1.807) is 23.7 Å². The molecule has 1 N–H and O–H groups in total. The summed E-state index contributed by atoms with van der Waals surface area (Å²) in [5.41, 5.74) is 3.40. The molecule has 0 unspecified atom stereocenters. The Labute approximate surface area is 131 Å². The minimum Gasteiger partial charge on any atom is -0.319 e. The van der Waals surface area contributed by atoms with Gasteiger partial charge in [-0.2, -0.15) is 0 Å². The summed E-state index contributed by atoms with van der Waals surface area (Å²) < 4.78 is 1.65. The van der Waals surface area contributed by atoms with E-state index in [1.165, 1.54) is 17.5 Å². The third-order valence-electron chi connectivity index (χ3n) is 2.68. The molecule has 3 aromatic rings. The number of pyridine rings is 1. The van der Waals surface area contributed by atoms with Crippen LogP contribution in [-0.4, -0.2) is 15.9 Å². The summed E-state index contributed by atoms with van der Waals surface area (Å²) in [6.07, 6.45) is 1.49. The predicted molar refractivity (Wildman–Crippen MR) is 84.5 cm³/mol. The Hall–Kier alpha value is -1.50. The SMILES string of the molecule is O=C(Nc1c(Cl)ccc2scnc12)c1ccc(Br)nc1. The second-order valence-corrected chi connectivity index (χ2v) is 6.05. The van der Waals surface area contributed by atoms with Crippen LogP contribution in [-0.2, 0) is 0 Å². The summed E-state index contributed by atoms with van der Waals surface area (Å²) in [6.45, 7) is 0. The first kappa shape index (κ1) is 13.5. The van der Waals surface area contributed by atoms with E-state index in [-0.39, 0.29) is 5.91 Å². The smallest absolute Gasteiger partial charge is 0.257 e. The average Bonchev–Trinajstić information content (AvgIpc) is 2.91. The molecular weight excluding hydrogens is 362 g/mol. The molecule has 0 aliphatic heterocycles. The highest BCUT2D eigenvalue weighted by Gasteiger charge is 2.13. The van der Waals surface area contributed by atoms with Crippen LogP contribution >= 0.6 is 38.9 Å². The minimum atomic E-state index is -0.271. The Bertz CT molecular complexity index is 788. The summed E-state index contributed by atoms with van der Waals surface area (Å²) in [6, 6.07) is 7.02. The topological polar surface area (TPSA) is 54.9 Å². The van der Waals surface area contributed by atoms with Gasteiger partial charge in [0.25, 0.3) is 5.91 Å². The normalized spacial score (nSPS) is 10.7. The highest BCUT2D eigenvalue weighted by atomic mass is 79.9. The van der Waals surface area contributed by atoms with Crippen molar-refractivity contribution < 1.29 is 4.79 Å². The quantitative estimate of drug-likeness (QED) is 0.684. The zero-order valence-corrected chi connectivity index (χ0v) is 13.1. The van der Waals surface area contributed by atoms with Crippen LogP contribution in [0.1, 0.15) is 10.4 Å². The average molecular weight is 369 g/mol. The number of amides is 1. The number of benzene rings is 1. The largest absolute Gasteiger partial charge is 0.319 e. The van der Waals surface area contributed by atoms with Gasteiger partial charge in [-0.25, -0.2) is 9.97 Å². The van der Waals surface area contributed by atoms with Gasteiger partial charge in [0.15, 0.2) is 0 Å². The van der Waals surface area contributed by atoms with Gasteiger partial charge in [0.05, 0.1) is 26.5 Å². The summed E-state index contributed by atoms with van der Waals surface area (Å²) in [5.74, 6) is -0.271. The second-order valence-electron chi connectivity index (χ2n) is 3.95. The zero-order valence-electron chi connectivity index (χ0n) is 9.93. The molecular formula is C13H7BrClN3OS. The number of anilines is 1. The fraction of sp³-hybridized carbons (Fsp3) is 0. The second kappa shape index (κ2) is 5.47. The molecule has 0 saturated carbocycles. The Morgan fingerprint density at radius 1 is 1.25 bits per heavy atom. The monoisotopic (exact) mass is 367 g/mol. The Balaban J connectivity index is 1.96. The summed E-state index contributed by atoms with van der Waals surface area (Å²) >= 11 is 10.9. The van der Waals surface area contributed by atoms with Crippen molar-refractivity contribution in [1.29, 1.82) is 0 Å². The molecule has 4 nitrogen and oxygen atoms in total. The van der Waals surface area contributed by atoms with Gasteiger partial charge in [-0.15, -0.1) is 11.3 Å². The van der Waals surface area contributed by atoms with E-state index in [0.717, 1.165) is 4.70 Å². The number of hydrogen-bond donors (Lipinski definition) is 1. The highest BCUT2D eigenvalue weighted by Crippen LogP contribution is 2.32. The Kier molecular flexibility index (Phi) is 3.69. The van der Waals surface area contributed by atoms with Crippen molar-refractivity contribution in [1.82, 2.24) is 9.97 Å². The first-order valence-electron chi connectivity index (χ1n) is 5.60. The number of halogens is 2. The molecule has 0 bridgehead atoms. The van der Waals surface area contributed by atoms with Crippen LogP contribution in [0.3, 0.4) is 0 Å². The fourth-order valence-electron chi connectivity index (χ4n) is 1.72. The number of carbonyl (C=O) groups is 1. The number of carbonyl (C=O) groups excluding carboxylic acids is 1. The molecule has 7 heteroatoms. The van der Waals surface area contributed by atoms with Crippen molar-refractivity contribution in [2.45, 2.75) is 0 Å². The van der Waals surface area contributed by atoms with Crippen LogP contribution in [0, 0.1) is 0 Å². The summed E-state index contributed by atoms with van der Waals surface area (Å²) in [4.78, 5) is 20.5. The lowest BCUT2D eigenvalue weighted by Crippen LogP contribution is -2.12. The molecule has 0 atom stereocenters. The van der Waals surface area contributed by atoms with E-state index in [2.05, 4.69) is 31.2 Å². The third-order valence-corrected chi connectivity index (χ3v) is 4.26. The number of rotatable bonds is 2. The van der Waals surface area contributed by atoms with E-state index in [0.29, 0.717) is 26.4 Å². The number of nitrogens with zero attached hydrogens (tertiary/aromatic N) is 2. The maximum absolute atomic E-state index is 12.2. The van der Waals surface area contributed by atoms with E-state index >= 15 is 0 Å². The van der Waals surface area contributed by atoms with Gasteiger partial charge in [0.2, 0.25) is 0 Å². The van der Waals surface area contributed by atoms with Gasteiger partial charge in [0, 0.05) is 6.20 Å². The maximum atomic E-state index is 12.2.